The zero-order valence-corrected chi connectivity index (χ0v) is 9.46. The zero-order valence-electron chi connectivity index (χ0n) is 8.71. The fourth-order valence-electron chi connectivity index (χ4n) is 0.961. The summed E-state index contributed by atoms with van der Waals surface area (Å²) in [4.78, 5) is 0. The molecule has 0 aromatic heterocycles. The molecule has 0 bridgehead atoms. The predicted octanol–water partition coefficient (Wildman–Crippen LogP) is 2.85. The monoisotopic (exact) mass is 254 g/mol. The Morgan fingerprint density at radius 3 is 1.53 bits per heavy atom. The van der Waals surface area contributed by atoms with Gasteiger partial charge in [0.1, 0.15) is 5.75 Å². The molecule has 4 N–H and O–H groups in total. The number of rotatable bonds is 0. The van der Waals surface area contributed by atoms with Crippen molar-refractivity contribution in [3.8, 4) is 23.0 Å². The zero-order chi connectivity index (χ0) is 12.8. The second-order valence-corrected chi connectivity index (χ2v) is 3.56. The van der Waals surface area contributed by atoms with Crippen molar-refractivity contribution in [2.24, 2.45) is 0 Å². The van der Waals surface area contributed by atoms with Gasteiger partial charge in [-0.3, -0.25) is 0 Å². The van der Waals surface area contributed by atoms with Crippen LogP contribution in [0.15, 0.2) is 42.5 Å². The lowest BCUT2D eigenvalue weighted by Gasteiger charge is -1.96. The quantitative estimate of drug-likeness (QED) is 0.545. The first-order chi connectivity index (χ1) is 8.00. The summed E-state index contributed by atoms with van der Waals surface area (Å²) >= 11 is 5.50. The fraction of sp³-hybridized carbons (Fsp3) is 0. The number of hydrogen-bond acceptors (Lipinski definition) is 4. The van der Waals surface area contributed by atoms with Gasteiger partial charge in [0.2, 0.25) is 0 Å². The Morgan fingerprint density at radius 2 is 1.18 bits per heavy atom. The molecule has 2 rings (SSSR count). The molecule has 0 spiro atoms. The van der Waals surface area contributed by atoms with E-state index in [4.69, 9.17) is 32.0 Å². The molecule has 0 heterocycles. The van der Waals surface area contributed by atoms with Gasteiger partial charge in [0, 0.05) is 5.02 Å². The SMILES string of the molecule is Oc1ccc(Cl)cc1.Oc1cccc(O)c1O. The number of hydrogen-bond donors (Lipinski definition) is 4. The molecule has 0 aliphatic carbocycles. The van der Waals surface area contributed by atoms with E-state index in [1.165, 1.54) is 18.2 Å². The van der Waals surface area contributed by atoms with Crippen molar-refractivity contribution in [2.75, 3.05) is 0 Å². The molecule has 0 fully saturated rings. The molecular weight excluding hydrogens is 244 g/mol. The van der Waals surface area contributed by atoms with Crippen molar-refractivity contribution < 1.29 is 20.4 Å². The summed E-state index contributed by atoms with van der Waals surface area (Å²) in [5.41, 5.74) is 0. The number of phenolic OH excluding ortho intramolecular Hbond substituents is 4. The minimum Gasteiger partial charge on any atom is -0.508 e. The summed E-state index contributed by atoms with van der Waals surface area (Å²) in [7, 11) is 0. The number of benzene rings is 2. The van der Waals surface area contributed by atoms with E-state index in [2.05, 4.69) is 0 Å². The van der Waals surface area contributed by atoms with E-state index in [9.17, 15) is 0 Å². The lowest BCUT2D eigenvalue weighted by molar-refractivity contribution is 0.368. The Morgan fingerprint density at radius 1 is 0.706 bits per heavy atom. The maximum Gasteiger partial charge on any atom is 0.200 e. The van der Waals surface area contributed by atoms with Crippen LogP contribution in [0.25, 0.3) is 0 Å². The number of para-hydroxylation sites is 1. The highest BCUT2D eigenvalue weighted by atomic mass is 35.5. The first-order valence-electron chi connectivity index (χ1n) is 4.65. The molecule has 0 saturated carbocycles. The predicted molar refractivity (Wildman–Crippen MR) is 64.6 cm³/mol. The largest absolute Gasteiger partial charge is 0.508 e. The number of phenols is 4. The van der Waals surface area contributed by atoms with Gasteiger partial charge in [-0.05, 0) is 36.4 Å². The molecule has 90 valence electrons. The van der Waals surface area contributed by atoms with E-state index in [0.29, 0.717) is 5.02 Å². The van der Waals surface area contributed by atoms with E-state index >= 15 is 0 Å². The minimum atomic E-state index is -0.475. The van der Waals surface area contributed by atoms with Gasteiger partial charge >= 0.3 is 0 Å². The van der Waals surface area contributed by atoms with Crippen LogP contribution in [-0.2, 0) is 0 Å². The Labute approximate surface area is 103 Å². The highest BCUT2D eigenvalue weighted by molar-refractivity contribution is 6.30. The topological polar surface area (TPSA) is 80.9 Å². The van der Waals surface area contributed by atoms with Gasteiger partial charge in [-0.1, -0.05) is 17.7 Å². The number of aromatic hydroxyl groups is 4. The van der Waals surface area contributed by atoms with Gasteiger partial charge in [0.15, 0.2) is 17.2 Å². The fourth-order valence-corrected chi connectivity index (χ4v) is 1.09. The van der Waals surface area contributed by atoms with Crippen LogP contribution in [0.5, 0.6) is 23.0 Å². The van der Waals surface area contributed by atoms with Crippen LogP contribution in [0.2, 0.25) is 5.02 Å². The van der Waals surface area contributed by atoms with Crippen LogP contribution in [0, 0.1) is 0 Å². The molecule has 4 nitrogen and oxygen atoms in total. The van der Waals surface area contributed by atoms with Crippen LogP contribution in [0.1, 0.15) is 0 Å². The molecule has 17 heavy (non-hydrogen) atoms. The first-order valence-corrected chi connectivity index (χ1v) is 5.03. The van der Waals surface area contributed by atoms with Crippen molar-refractivity contribution in [3.05, 3.63) is 47.5 Å². The summed E-state index contributed by atoms with van der Waals surface area (Å²) in [6.07, 6.45) is 0. The van der Waals surface area contributed by atoms with E-state index in [0.717, 1.165) is 0 Å². The standard InChI is InChI=1S/C6H5ClO.C6H6O3/c7-5-1-3-6(8)4-2-5;7-4-2-1-3-5(8)6(4)9/h1-4,8H;1-3,7-9H. The lowest BCUT2D eigenvalue weighted by Crippen LogP contribution is -1.67. The molecule has 0 saturated heterocycles. The van der Waals surface area contributed by atoms with Crippen LogP contribution < -0.4 is 0 Å². The Hall–Kier alpha value is -2.07. The molecule has 0 aliphatic rings. The van der Waals surface area contributed by atoms with Crippen LogP contribution in [-0.4, -0.2) is 20.4 Å². The van der Waals surface area contributed by atoms with Gasteiger partial charge in [0.05, 0.1) is 0 Å². The van der Waals surface area contributed by atoms with Crippen LogP contribution in [0.3, 0.4) is 0 Å². The second kappa shape index (κ2) is 5.86. The summed E-state index contributed by atoms with van der Waals surface area (Å²) in [5, 5.41) is 35.4. The van der Waals surface area contributed by atoms with Crippen molar-refractivity contribution in [1.82, 2.24) is 0 Å². The Balaban J connectivity index is 0.000000171. The molecular formula is C12H11ClO4. The normalized spacial score (nSPS) is 9.24. The maximum atomic E-state index is 8.71. The Kier molecular flexibility index (Phi) is 4.48. The van der Waals surface area contributed by atoms with E-state index in [-0.39, 0.29) is 17.2 Å². The van der Waals surface area contributed by atoms with Gasteiger partial charge in [-0.25, -0.2) is 0 Å². The summed E-state index contributed by atoms with van der Waals surface area (Å²) in [6.45, 7) is 0. The van der Waals surface area contributed by atoms with E-state index < -0.39 is 5.75 Å². The molecule has 5 heteroatoms. The van der Waals surface area contributed by atoms with Gasteiger partial charge in [0.25, 0.3) is 0 Å². The third-order valence-electron chi connectivity index (χ3n) is 1.82. The van der Waals surface area contributed by atoms with Crippen molar-refractivity contribution in [3.63, 3.8) is 0 Å². The average molecular weight is 255 g/mol. The highest BCUT2D eigenvalue weighted by Gasteiger charge is 2.00. The summed E-state index contributed by atoms with van der Waals surface area (Å²) in [5.74, 6) is -0.850. The summed E-state index contributed by atoms with van der Waals surface area (Å²) < 4.78 is 0. The lowest BCUT2D eigenvalue weighted by atomic mass is 10.3. The van der Waals surface area contributed by atoms with Gasteiger partial charge in [-0.15, -0.1) is 0 Å². The van der Waals surface area contributed by atoms with Crippen LogP contribution >= 0.6 is 11.6 Å². The van der Waals surface area contributed by atoms with E-state index in [1.807, 2.05) is 0 Å². The Bertz CT molecular complexity index is 441. The van der Waals surface area contributed by atoms with Crippen LogP contribution in [0.4, 0.5) is 0 Å². The average Bonchev–Trinajstić information content (AvgIpc) is 2.31. The summed E-state index contributed by atoms with van der Waals surface area (Å²) in [6, 6.07) is 10.4. The van der Waals surface area contributed by atoms with E-state index in [1.54, 1.807) is 24.3 Å². The number of halogens is 1. The molecule has 0 atom stereocenters. The minimum absolute atomic E-state index is 0.245. The molecule has 0 radical (unpaired) electrons. The third kappa shape index (κ3) is 4.12. The highest BCUT2D eigenvalue weighted by Crippen LogP contribution is 2.32. The first kappa shape index (κ1) is 13.0. The van der Waals surface area contributed by atoms with Crippen molar-refractivity contribution in [1.29, 1.82) is 0 Å². The van der Waals surface area contributed by atoms with Gasteiger partial charge < -0.3 is 20.4 Å². The van der Waals surface area contributed by atoms with Crippen molar-refractivity contribution in [2.45, 2.75) is 0 Å². The maximum absolute atomic E-state index is 8.71. The third-order valence-corrected chi connectivity index (χ3v) is 2.07. The molecule has 2 aromatic carbocycles. The smallest absolute Gasteiger partial charge is 0.200 e. The molecule has 0 amide bonds. The van der Waals surface area contributed by atoms with Gasteiger partial charge in [-0.2, -0.15) is 0 Å². The molecule has 0 aliphatic heterocycles. The second-order valence-electron chi connectivity index (χ2n) is 3.12. The molecule has 2 aromatic rings. The molecule has 0 unspecified atom stereocenters. The van der Waals surface area contributed by atoms with Crippen molar-refractivity contribution >= 4 is 11.6 Å².